The van der Waals surface area contributed by atoms with Gasteiger partial charge in [-0.1, -0.05) is 12.8 Å². The van der Waals surface area contributed by atoms with Gasteiger partial charge in [-0.3, -0.25) is 0 Å². The van der Waals surface area contributed by atoms with E-state index < -0.39 is 18.0 Å². The van der Waals surface area contributed by atoms with Gasteiger partial charge in [-0.15, -0.1) is 0 Å². The van der Waals surface area contributed by atoms with E-state index in [0.717, 1.165) is 25.7 Å². The minimum atomic E-state index is -1.16. The first-order valence-electron chi connectivity index (χ1n) is 6.21. The van der Waals surface area contributed by atoms with E-state index >= 15 is 0 Å². The molecule has 1 fully saturated rings. The summed E-state index contributed by atoms with van der Waals surface area (Å²) in [5.41, 5.74) is 5.88. The summed E-state index contributed by atoms with van der Waals surface area (Å²) >= 11 is 0. The summed E-state index contributed by atoms with van der Waals surface area (Å²) in [5, 5.41) is 22.6. The number of urea groups is 1. The number of amides is 2. The van der Waals surface area contributed by atoms with E-state index in [-0.39, 0.29) is 25.1 Å². The molecule has 0 aliphatic heterocycles. The number of carbonyl (C=O) groups is 2. The fourth-order valence-electron chi connectivity index (χ4n) is 2.09. The van der Waals surface area contributed by atoms with Crippen LogP contribution in [0.3, 0.4) is 0 Å². The highest BCUT2D eigenvalue weighted by molar-refractivity contribution is 5.82. The van der Waals surface area contributed by atoms with E-state index in [0.29, 0.717) is 0 Å². The second-order valence-corrected chi connectivity index (χ2v) is 4.58. The monoisotopic (exact) mass is 259 g/mol. The average molecular weight is 259 g/mol. The molecular formula is C11H21N3O4. The van der Waals surface area contributed by atoms with Crippen molar-refractivity contribution in [3.8, 4) is 0 Å². The van der Waals surface area contributed by atoms with E-state index in [1.807, 2.05) is 0 Å². The fourth-order valence-corrected chi connectivity index (χ4v) is 2.09. The normalized spacial score (nSPS) is 25.2. The molecule has 0 aromatic heterocycles. The lowest BCUT2D eigenvalue weighted by Gasteiger charge is -2.29. The molecule has 0 radical (unpaired) electrons. The smallest absolute Gasteiger partial charge is 0.326 e. The molecule has 7 heteroatoms. The third-order valence-electron chi connectivity index (χ3n) is 3.16. The van der Waals surface area contributed by atoms with Gasteiger partial charge in [-0.25, -0.2) is 9.59 Å². The maximum atomic E-state index is 11.6. The summed E-state index contributed by atoms with van der Waals surface area (Å²) in [4.78, 5) is 22.4. The molecule has 1 aliphatic carbocycles. The SMILES string of the molecule is NC1CCCCC1NC(=O)N[C@H](CCO)C(=O)O. The third-order valence-corrected chi connectivity index (χ3v) is 3.16. The minimum Gasteiger partial charge on any atom is -0.480 e. The van der Waals surface area contributed by atoms with E-state index in [1.54, 1.807) is 0 Å². The maximum absolute atomic E-state index is 11.6. The number of rotatable bonds is 5. The molecule has 2 unspecified atom stereocenters. The van der Waals surface area contributed by atoms with E-state index in [4.69, 9.17) is 15.9 Å². The van der Waals surface area contributed by atoms with Crippen LogP contribution in [0.5, 0.6) is 0 Å². The van der Waals surface area contributed by atoms with Gasteiger partial charge in [0.05, 0.1) is 0 Å². The Labute approximate surface area is 106 Å². The van der Waals surface area contributed by atoms with Crippen molar-refractivity contribution < 1.29 is 19.8 Å². The van der Waals surface area contributed by atoms with Gasteiger partial charge in [-0.05, 0) is 12.8 Å². The van der Waals surface area contributed by atoms with Crippen molar-refractivity contribution in [1.82, 2.24) is 10.6 Å². The van der Waals surface area contributed by atoms with Crippen molar-refractivity contribution in [2.75, 3.05) is 6.61 Å². The summed E-state index contributed by atoms with van der Waals surface area (Å²) in [5.74, 6) is -1.16. The lowest BCUT2D eigenvalue weighted by molar-refractivity contribution is -0.139. The first-order valence-corrected chi connectivity index (χ1v) is 6.21. The van der Waals surface area contributed by atoms with Gasteiger partial charge in [-0.2, -0.15) is 0 Å². The standard InChI is InChI=1S/C11H21N3O4/c12-7-3-1-2-4-8(7)13-11(18)14-9(5-6-15)10(16)17/h7-9,15H,1-6,12H2,(H,16,17)(H2,13,14,18)/t7?,8?,9-/m1/s1. The molecule has 1 aliphatic rings. The van der Waals surface area contributed by atoms with Gasteiger partial charge in [0.1, 0.15) is 6.04 Å². The van der Waals surface area contributed by atoms with Crippen molar-refractivity contribution in [3.05, 3.63) is 0 Å². The van der Waals surface area contributed by atoms with Crippen LogP contribution in [-0.4, -0.2) is 46.9 Å². The molecule has 104 valence electrons. The number of hydrogen-bond acceptors (Lipinski definition) is 4. The molecule has 0 bridgehead atoms. The van der Waals surface area contributed by atoms with Gasteiger partial charge in [0.15, 0.2) is 0 Å². The van der Waals surface area contributed by atoms with Crippen LogP contribution < -0.4 is 16.4 Å². The van der Waals surface area contributed by atoms with Gasteiger partial charge < -0.3 is 26.6 Å². The van der Waals surface area contributed by atoms with E-state index in [9.17, 15) is 9.59 Å². The highest BCUT2D eigenvalue weighted by Gasteiger charge is 2.25. The molecule has 1 saturated carbocycles. The maximum Gasteiger partial charge on any atom is 0.326 e. The molecule has 3 atom stereocenters. The molecule has 0 spiro atoms. The Morgan fingerprint density at radius 3 is 2.56 bits per heavy atom. The number of nitrogens with one attached hydrogen (secondary N) is 2. The quantitative estimate of drug-likeness (QED) is 0.450. The van der Waals surface area contributed by atoms with E-state index in [1.165, 1.54) is 0 Å². The summed E-state index contributed by atoms with van der Waals surface area (Å²) in [6, 6.07) is -1.80. The number of hydrogen-bond donors (Lipinski definition) is 5. The van der Waals surface area contributed by atoms with Crippen LogP contribution >= 0.6 is 0 Å². The Morgan fingerprint density at radius 1 is 1.33 bits per heavy atom. The summed E-state index contributed by atoms with van der Waals surface area (Å²) in [6.07, 6.45) is 3.73. The molecule has 0 aromatic carbocycles. The number of carbonyl (C=O) groups excluding carboxylic acids is 1. The van der Waals surface area contributed by atoms with Crippen molar-refractivity contribution in [2.24, 2.45) is 5.73 Å². The third kappa shape index (κ3) is 4.50. The highest BCUT2D eigenvalue weighted by atomic mass is 16.4. The van der Waals surface area contributed by atoms with Gasteiger partial charge in [0, 0.05) is 25.1 Å². The summed E-state index contributed by atoms with van der Waals surface area (Å²) in [7, 11) is 0. The van der Waals surface area contributed by atoms with Gasteiger partial charge in [0.25, 0.3) is 0 Å². The molecule has 2 amide bonds. The molecule has 0 saturated heterocycles. The topological polar surface area (TPSA) is 125 Å². The van der Waals surface area contributed by atoms with Crippen molar-refractivity contribution >= 4 is 12.0 Å². The lowest BCUT2D eigenvalue weighted by atomic mass is 9.91. The van der Waals surface area contributed by atoms with Crippen LogP contribution in [0.4, 0.5) is 4.79 Å². The first-order chi connectivity index (χ1) is 8.54. The van der Waals surface area contributed by atoms with Crippen LogP contribution in [0.2, 0.25) is 0 Å². The predicted molar refractivity (Wildman–Crippen MR) is 65.0 cm³/mol. The molecule has 0 aromatic rings. The average Bonchev–Trinajstić information content (AvgIpc) is 2.31. The second-order valence-electron chi connectivity index (χ2n) is 4.58. The molecular weight excluding hydrogens is 238 g/mol. The Bertz CT molecular complexity index is 298. The van der Waals surface area contributed by atoms with Crippen LogP contribution in [-0.2, 0) is 4.79 Å². The number of carboxylic acid groups (broad SMARTS) is 1. The number of nitrogens with two attached hydrogens (primary N) is 1. The molecule has 0 heterocycles. The van der Waals surface area contributed by atoms with Crippen LogP contribution in [0.1, 0.15) is 32.1 Å². The zero-order valence-corrected chi connectivity index (χ0v) is 10.3. The Kier molecular flexibility index (Phi) is 5.87. The zero-order chi connectivity index (χ0) is 13.5. The van der Waals surface area contributed by atoms with Crippen LogP contribution in [0.25, 0.3) is 0 Å². The fraction of sp³-hybridized carbons (Fsp3) is 0.818. The predicted octanol–water partition coefficient (Wildman–Crippen LogP) is -0.609. The largest absolute Gasteiger partial charge is 0.480 e. The molecule has 6 N–H and O–H groups in total. The Hall–Kier alpha value is -1.34. The number of aliphatic carboxylic acids is 1. The molecule has 1 rings (SSSR count). The van der Waals surface area contributed by atoms with Crippen LogP contribution in [0, 0.1) is 0 Å². The molecule has 7 nitrogen and oxygen atoms in total. The summed E-state index contributed by atoms with van der Waals surface area (Å²) < 4.78 is 0. The van der Waals surface area contributed by atoms with Crippen molar-refractivity contribution in [2.45, 2.75) is 50.2 Å². The van der Waals surface area contributed by atoms with E-state index in [2.05, 4.69) is 10.6 Å². The lowest BCUT2D eigenvalue weighted by Crippen LogP contribution is -2.54. The number of aliphatic hydroxyl groups excluding tert-OH is 1. The second kappa shape index (κ2) is 7.17. The Morgan fingerprint density at radius 2 is 2.00 bits per heavy atom. The molecule has 18 heavy (non-hydrogen) atoms. The zero-order valence-electron chi connectivity index (χ0n) is 10.3. The summed E-state index contributed by atoms with van der Waals surface area (Å²) in [6.45, 7) is -0.291. The highest BCUT2D eigenvalue weighted by Crippen LogP contribution is 2.16. The van der Waals surface area contributed by atoms with Gasteiger partial charge >= 0.3 is 12.0 Å². The van der Waals surface area contributed by atoms with Gasteiger partial charge in [0.2, 0.25) is 0 Å². The van der Waals surface area contributed by atoms with Crippen molar-refractivity contribution in [3.63, 3.8) is 0 Å². The first kappa shape index (κ1) is 14.7. The minimum absolute atomic E-state index is 0.0144. The Balaban J connectivity index is 2.41. The van der Waals surface area contributed by atoms with Crippen LogP contribution in [0.15, 0.2) is 0 Å². The number of aliphatic hydroxyl groups is 1. The van der Waals surface area contributed by atoms with Crippen molar-refractivity contribution in [1.29, 1.82) is 0 Å². The number of carboxylic acids is 1.